The van der Waals surface area contributed by atoms with Crippen molar-refractivity contribution in [1.29, 1.82) is 0 Å². The zero-order valence-electron chi connectivity index (χ0n) is 37.1. The molecule has 0 bridgehead atoms. The second-order valence-corrected chi connectivity index (χ2v) is 16.9. The molecule has 68 heavy (non-hydrogen) atoms. The molecule has 1 aliphatic carbocycles. The van der Waals surface area contributed by atoms with Crippen molar-refractivity contribution >= 4 is 51.3 Å². The largest absolute Gasteiger partial charge is 0.436 e. The first-order valence-corrected chi connectivity index (χ1v) is 23.0. The van der Waals surface area contributed by atoms with E-state index in [9.17, 15) is 0 Å². The highest BCUT2D eigenvalue weighted by Crippen LogP contribution is 2.39. The van der Waals surface area contributed by atoms with Crippen molar-refractivity contribution in [2.24, 2.45) is 0 Å². The van der Waals surface area contributed by atoms with Crippen molar-refractivity contribution in [3.05, 3.63) is 248 Å². The lowest BCUT2D eigenvalue weighted by Gasteiger charge is -2.25. The van der Waals surface area contributed by atoms with E-state index in [1.807, 2.05) is 36.4 Å². The summed E-state index contributed by atoms with van der Waals surface area (Å²) >= 11 is 0. The molecule has 0 unspecified atom stereocenters. The Hall–Kier alpha value is -9.00. The van der Waals surface area contributed by atoms with Gasteiger partial charge >= 0.3 is 0 Å². The summed E-state index contributed by atoms with van der Waals surface area (Å²) in [4.78, 5) is 14.0. The van der Waals surface area contributed by atoms with Crippen molar-refractivity contribution < 1.29 is 8.83 Å². The van der Waals surface area contributed by atoms with Gasteiger partial charge in [-0.15, -0.1) is 0 Å². The number of nitrogens with zero attached hydrogens (tertiary/aromatic N) is 4. The molecule has 0 spiro atoms. The quantitative estimate of drug-likeness (QED) is 0.129. The van der Waals surface area contributed by atoms with Gasteiger partial charge in [-0.1, -0.05) is 127 Å². The number of oxazole rings is 2. The highest BCUT2D eigenvalue weighted by atomic mass is 16.4. The van der Waals surface area contributed by atoms with E-state index in [4.69, 9.17) is 18.8 Å². The minimum absolute atomic E-state index is 0.615. The van der Waals surface area contributed by atoms with Gasteiger partial charge in [0.1, 0.15) is 5.52 Å². The number of benzene rings is 9. The van der Waals surface area contributed by atoms with Crippen LogP contribution in [0.4, 0.5) is 34.1 Å². The van der Waals surface area contributed by atoms with E-state index < -0.39 is 0 Å². The van der Waals surface area contributed by atoms with E-state index in [1.165, 1.54) is 16.7 Å². The molecule has 324 valence electrons. The van der Waals surface area contributed by atoms with Crippen LogP contribution in [0.15, 0.2) is 245 Å². The Morgan fingerprint density at radius 2 is 0.676 bits per heavy atom. The molecule has 0 fully saturated rings. The summed E-state index contributed by atoms with van der Waals surface area (Å²) in [5.74, 6) is 2.15. The summed E-state index contributed by atoms with van der Waals surface area (Å²) < 4.78 is 12.2. The lowest BCUT2D eigenvalue weighted by Crippen LogP contribution is -2.09. The van der Waals surface area contributed by atoms with Crippen molar-refractivity contribution in [3.8, 4) is 56.3 Å². The number of allylic oxidation sites excluding steroid dienone is 1. The molecule has 0 atom stereocenters. The van der Waals surface area contributed by atoms with Crippen LogP contribution in [0.3, 0.4) is 0 Å². The number of aromatic nitrogens is 2. The van der Waals surface area contributed by atoms with Gasteiger partial charge in [-0.3, -0.25) is 0 Å². The van der Waals surface area contributed by atoms with Gasteiger partial charge in [0.2, 0.25) is 11.8 Å². The Morgan fingerprint density at radius 1 is 0.324 bits per heavy atom. The maximum Gasteiger partial charge on any atom is 0.227 e. The maximum absolute atomic E-state index is 6.10. The van der Waals surface area contributed by atoms with Crippen LogP contribution in [-0.4, -0.2) is 9.97 Å². The summed E-state index contributed by atoms with van der Waals surface area (Å²) in [6.45, 7) is 0. The van der Waals surface area contributed by atoms with E-state index in [1.54, 1.807) is 0 Å². The average molecular weight is 877 g/mol. The van der Waals surface area contributed by atoms with Gasteiger partial charge < -0.3 is 18.6 Å². The molecule has 6 heteroatoms. The fraction of sp³-hybridized carbons (Fsp3) is 0.0323. The molecule has 0 saturated carbocycles. The van der Waals surface area contributed by atoms with Gasteiger partial charge in [0.05, 0.1) is 5.69 Å². The van der Waals surface area contributed by atoms with Gasteiger partial charge in [-0.05, 0) is 161 Å². The predicted octanol–water partition coefficient (Wildman–Crippen LogP) is 17.0. The summed E-state index contributed by atoms with van der Waals surface area (Å²) in [6.07, 6.45) is 6.09. The Bertz CT molecular complexity index is 3470. The Balaban J connectivity index is 0.742. The molecular formula is C62H44N4O2. The van der Waals surface area contributed by atoms with Crippen LogP contribution in [0.25, 0.3) is 73.5 Å². The van der Waals surface area contributed by atoms with Crippen LogP contribution >= 0.6 is 0 Å². The molecule has 0 amide bonds. The van der Waals surface area contributed by atoms with Crippen LogP contribution in [0.1, 0.15) is 17.9 Å². The zero-order chi connectivity index (χ0) is 45.2. The number of rotatable bonds is 11. The molecule has 0 N–H and O–H groups in total. The van der Waals surface area contributed by atoms with Crippen molar-refractivity contribution in [1.82, 2.24) is 9.97 Å². The normalized spacial score (nSPS) is 11.9. The number of hydrogen-bond acceptors (Lipinski definition) is 6. The fourth-order valence-electron chi connectivity index (χ4n) is 9.07. The third-order valence-corrected chi connectivity index (χ3v) is 12.6. The summed E-state index contributed by atoms with van der Waals surface area (Å²) in [7, 11) is 0. The number of hydrogen-bond donors (Lipinski definition) is 0. The third kappa shape index (κ3) is 8.05. The van der Waals surface area contributed by atoms with Crippen molar-refractivity contribution in [3.63, 3.8) is 0 Å². The van der Waals surface area contributed by atoms with E-state index in [0.29, 0.717) is 11.8 Å². The molecule has 6 nitrogen and oxygen atoms in total. The smallest absolute Gasteiger partial charge is 0.227 e. The van der Waals surface area contributed by atoms with E-state index in [0.717, 1.165) is 97.3 Å². The van der Waals surface area contributed by atoms with Crippen LogP contribution in [-0.2, 0) is 6.42 Å². The topological polar surface area (TPSA) is 58.5 Å². The molecule has 0 radical (unpaired) electrons. The molecule has 2 heterocycles. The van der Waals surface area contributed by atoms with Gasteiger partial charge in [0.25, 0.3) is 0 Å². The fourth-order valence-corrected chi connectivity index (χ4v) is 9.07. The number of anilines is 6. The third-order valence-electron chi connectivity index (χ3n) is 12.6. The van der Waals surface area contributed by atoms with Gasteiger partial charge in [0.15, 0.2) is 11.3 Å². The van der Waals surface area contributed by atoms with Crippen LogP contribution in [0.2, 0.25) is 0 Å². The second kappa shape index (κ2) is 17.8. The lowest BCUT2D eigenvalue weighted by molar-refractivity contribution is 0.560. The van der Waals surface area contributed by atoms with Crippen LogP contribution in [0, 0.1) is 0 Å². The van der Waals surface area contributed by atoms with Crippen LogP contribution < -0.4 is 9.80 Å². The first-order valence-electron chi connectivity index (χ1n) is 23.0. The SMILES string of the molecule is C1=Cc2oc(-c3ccc(N(c4ccccc4)c4ccc(-c5ccc(-c6ccc(-c7ccc(N(c8ccccc8)c8ccc(-c9nc%10ccccc%10o9)cc8)cc7)cc6)cc5)cc4)cc3)nc2CC1. The Morgan fingerprint density at radius 3 is 1.09 bits per heavy atom. The minimum atomic E-state index is 0.615. The summed E-state index contributed by atoms with van der Waals surface area (Å²) in [5, 5.41) is 0. The Labute approximate surface area is 395 Å². The molecule has 0 aliphatic heterocycles. The monoisotopic (exact) mass is 876 g/mol. The number of aryl methyl sites for hydroxylation is 1. The highest BCUT2D eigenvalue weighted by Gasteiger charge is 2.18. The van der Waals surface area contributed by atoms with Gasteiger partial charge in [-0.2, -0.15) is 0 Å². The molecular weight excluding hydrogens is 833 g/mol. The van der Waals surface area contributed by atoms with Crippen molar-refractivity contribution in [2.75, 3.05) is 9.80 Å². The molecule has 12 rings (SSSR count). The minimum Gasteiger partial charge on any atom is -0.436 e. The first-order chi connectivity index (χ1) is 33.7. The zero-order valence-corrected chi connectivity index (χ0v) is 37.1. The molecule has 1 aliphatic rings. The van der Waals surface area contributed by atoms with Gasteiger partial charge in [-0.25, -0.2) is 9.97 Å². The van der Waals surface area contributed by atoms with Crippen LogP contribution in [0.5, 0.6) is 0 Å². The molecule has 2 aromatic heterocycles. The first kappa shape index (κ1) is 40.5. The standard InChI is InChI=1S/C62H44N4O2/c1-3-11-51(12-4-1)65(55-39-31-49(32-40-55)61-63-57-15-7-9-17-59(57)67-61)53-35-27-47(28-36-53)45-23-19-43(20-24-45)44-21-25-46(26-22-44)48-29-37-54(38-30-48)66(52-13-5-2-6-14-52)56-41-33-50(34-42-56)62-64-58-16-8-10-18-60(58)68-62/h1-7,9-15,17-42H,8,16H2. The summed E-state index contributed by atoms with van der Waals surface area (Å²) in [6, 6.07) is 80.9. The second-order valence-electron chi connectivity index (χ2n) is 16.9. The van der Waals surface area contributed by atoms with E-state index >= 15 is 0 Å². The van der Waals surface area contributed by atoms with Crippen molar-refractivity contribution in [2.45, 2.75) is 12.8 Å². The maximum atomic E-state index is 6.10. The summed E-state index contributed by atoms with van der Waals surface area (Å²) in [5.41, 5.74) is 18.0. The highest BCUT2D eigenvalue weighted by molar-refractivity contribution is 5.83. The Kier molecular flexibility index (Phi) is 10.6. The lowest BCUT2D eigenvalue weighted by atomic mass is 9.98. The average Bonchev–Trinajstić information content (AvgIpc) is 4.06. The molecule has 0 saturated heterocycles. The molecule has 11 aromatic rings. The predicted molar refractivity (Wildman–Crippen MR) is 278 cm³/mol. The van der Waals surface area contributed by atoms with Gasteiger partial charge in [0, 0.05) is 45.3 Å². The molecule has 9 aromatic carbocycles. The van der Waals surface area contributed by atoms with E-state index in [-0.39, 0.29) is 0 Å². The number of fused-ring (bicyclic) bond motifs is 2. The van der Waals surface area contributed by atoms with E-state index in [2.05, 4.69) is 216 Å². The number of para-hydroxylation sites is 4.